The number of unbranched alkanes of at least 4 members (excludes halogenated alkanes) is 4. The molecule has 0 spiro atoms. The standard InChI is InChI=1S/C17H26N2O/c1-3-4-5-6-7-9-14(2)15-11-13-19-17-16(20-15)10-8-12-18-17/h8,10,12-15H,3-7,9,11H2,1-2H3. The summed E-state index contributed by atoms with van der Waals surface area (Å²) in [5, 5.41) is 0. The molecular formula is C17H26N2O. The Balaban J connectivity index is 1.82. The van der Waals surface area contributed by atoms with Gasteiger partial charge in [-0.2, -0.15) is 0 Å². The summed E-state index contributed by atoms with van der Waals surface area (Å²) >= 11 is 0. The van der Waals surface area contributed by atoms with Crippen molar-refractivity contribution in [3.63, 3.8) is 0 Å². The van der Waals surface area contributed by atoms with Gasteiger partial charge in [-0.1, -0.05) is 46.0 Å². The molecule has 110 valence electrons. The summed E-state index contributed by atoms with van der Waals surface area (Å²) in [6, 6.07) is 3.87. The van der Waals surface area contributed by atoms with Gasteiger partial charge in [-0.15, -0.1) is 0 Å². The molecule has 2 rings (SSSR count). The first kappa shape index (κ1) is 15.0. The second-order valence-electron chi connectivity index (χ2n) is 5.71. The minimum atomic E-state index is 0.232. The van der Waals surface area contributed by atoms with E-state index in [1.807, 2.05) is 18.3 Å². The van der Waals surface area contributed by atoms with E-state index < -0.39 is 0 Å². The van der Waals surface area contributed by atoms with Crippen molar-refractivity contribution < 1.29 is 4.74 Å². The summed E-state index contributed by atoms with van der Waals surface area (Å²) in [6.45, 7) is 4.55. The number of rotatable bonds is 7. The lowest BCUT2D eigenvalue weighted by atomic mass is 9.95. The van der Waals surface area contributed by atoms with Crippen LogP contribution in [0, 0.1) is 5.92 Å². The lowest BCUT2D eigenvalue weighted by Gasteiger charge is -2.23. The Hall–Kier alpha value is -1.38. The van der Waals surface area contributed by atoms with E-state index >= 15 is 0 Å². The van der Waals surface area contributed by atoms with E-state index in [-0.39, 0.29) is 6.10 Å². The molecular weight excluding hydrogens is 248 g/mol. The second kappa shape index (κ2) is 8.03. The number of nitrogens with zero attached hydrogens (tertiary/aromatic N) is 2. The van der Waals surface area contributed by atoms with Gasteiger partial charge >= 0.3 is 0 Å². The normalized spacial score (nSPS) is 19.0. The van der Waals surface area contributed by atoms with Crippen molar-refractivity contribution in [2.24, 2.45) is 10.9 Å². The largest absolute Gasteiger partial charge is 0.486 e. The first-order chi connectivity index (χ1) is 9.81. The molecule has 1 aliphatic heterocycles. The Morgan fingerprint density at radius 1 is 1.30 bits per heavy atom. The molecule has 1 aromatic heterocycles. The molecule has 2 heterocycles. The Kier molecular flexibility index (Phi) is 6.03. The van der Waals surface area contributed by atoms with Crippen LogP contribution < -0.4 is 4.74 Å². The monoisotopic (exact) mass is 274 g/mol. The van der Waals surface area contributed by atoms with E-state index in [0.29, 0.717) is 11.7 Å². The van der Waals surface area contributed by atoms with Gasteiger partial charge in [-0.3, -0.25) is 0 Å². The summed E-state index contributed by atoms with van der Waals surface area (Å²) in [5.41, 5.74) is 0. The summed E-state index contributed by atoms with van der Waals surface area (Å²) in [7, 11) is 0. The highest BCUT2D eigenvalue weighted by Gasteiger charge is 2.21. The maximum atomic E-state index is 6.11. The molecule has 1 aromatic rings. The summed E-state index contributed by atoms with van der Waals surface area (Å²) in [5.74, 6) is 2.10. The van der Waals surface area contributed by atoms with Crippen LogP contribution in [0.15, 0.2) is 23.3 Å². The van der Waals surface area contributed by atoms with Crippen molar-refractivity contribution in [2.45, 2.75) is 64.9 Å². The van der Waals surface area contributed by atoms with Crippen LogP contribution in [0.4, 0.5) is 5.82 Å². The first-order valence-electron chi connectivity index (χ1n) is 7.95. The number of aromatic nitrogens is 1. The molecule has 20 heavy (non-hydrogen) atoms. The minimum Gasteiger partial charge on any atom is -0.486 e. The second-order valence-corrected chi connectivity index (χ2v) is 5.71. The van der Waals surface area contributed by atoms with Crippen LogP contribution in [-0.4, -0.2) is 17.3 Å². The van der Waals surface area contributed by atoms with Gasteiger partial charge in [-0.25, -0.2) is 9.98 Å². The molecule has 3 heteroatoms. The van der Waals surface area contributed by atoms with Gasteiger partial charge in [0, 0.05) is 18.8 Å². The third-order valence-corrected chi connectivity index (χ3v) is 3.98. The molecule has 0 saturated carbocycles. The maximum absolute atomic E-state index is 6.11. The van der Waals surface area contributed by atoms with E-state index in [9.17, 15) is 0 Å². The molecule has 3 nitrogen and oxygen atoms in total. The number of aliphatic imine (C=N–C) groups is 1. The van der Waals surface area contributed by atoms with Crippen LogP contribution in [0.3, 0.4) is 0 Å². The fourth-order valence-corrected chi connectivity index (χ4v) is 2.63. The fraction of sp³-hybridized carbons (Fsp3) is 0.647. The lowest BCUT2D eigenvalue weighted by molar-refractivity contribution is 0.145. The average Bonchev–Trinajstić information content (AvgIpc) is 2.69. The highest BCUT2D eigenvalue weighted by atomic mass is 16.5. The van der Waals surface area contributed by atoms with E-state index in [0.717, 1.165) is 12.2 Å². The Morgan fingerprint density at radius 2 is 2.15 bits per heavy atom. The molecule has 0 fully saturated rings. The molecule has 0 saturated heterocycles. The average molecular weight is 274 g/mol. The third kappa shape index (κ3) is 4.32. The minimum absolute atomic E-state index is 0.232. The lowest BCUT2D eigenvalue weighted by Crippen LogP contribution is -2.25. The SMILES string of the molecule is CCCCCCCC(C)C1CC=Nc2ncccc2O1. The predicted octanol–water partition coefficient (Wildman–Crippen LogP) is 4.93. The molecule has 2 unspecified atom stereocenters. The molecule has 0 N–H and O–H groups in total. The zero-order valence-corrected chi connectivity index (χ0v) is 12.7. The number of fused-ring (bicyclic) bond motifs is 1. The van der Waals surface area contributed by atoms with Gasteiger partial charge in [-0.05, 0) is 24.5 Å². The zero-order chi connectivity index (χ0) is 14.2. The summed E-state index contributed by atoms with van der Waals surface area (Å²) in [4.78, 5) is 8.63. The van der Waals surface area contributed by atoms with Crippen molar-refractivity contribution in [1.29, 1.82) is 0 Å². The highest BCUT2D eigenvalue weighted by Crippen LogP contribution is 2.30. The van der Waals surface area contributed by atoms with Crippen molar-refractivity contribution in [3.05, 3.63) is 18.3 Å². The number of ether oxygens (including phenoxy) is 1. The van der Waals surface area contributed by atoms with Crippen LogP contribution in [0.2, 0.25) is 0 Å². The van der Waals surface area contributed by atoms with Crippen molar-refractivity contribution in [3.8, 4) is 5.75 Å². The van der Waals surface area contributed by atoms with Gasteiger partial charge < -0.3 is 4.74 Å². The zero-order valence-electron chi connectivity index (χ0n) is 12.7. The molecule has 0 radical (unpaired) electrons. The molecule has 0 bridgehead atoms. The van der Waals surface area contributed by atoms with Crippen molar-refractivity contribution >= 4 is 12.0 Å². The molecule has 0 amide bonds. The van der Waals surface area contributed by atoms with Gasteiger partial charge in [0.25, 0.3) is 0 Å². The van der Waals surface area contributed by atoms with Crippen molar-refractivity contribution in [1.82, 2.24) is 4.98 Å². The van der Waals surface area contributed by atoms with Gasteiger partial charge in [0.1, 0.15) is 6.10 Å². The van der Waals surface area contributed by atoms with Crippen LogP contribution in [0.25, 0.3) is 0 Å². The summed E-state index contributed by atoms with van der Waals surface area (Å²) in [6.07, 6.45) is 12.7. The van der Waals surface area contributed by atoms with Crippen LogP contribution in [0.5, 0.6) is 5.75 Å². The Bertz CT molecular complexity index is 431. The maximum Gasteiger partial charge on any atom is 0.194 e. The van der Waals surface area contributed by atoms with Gasteiger partial charge in [0.05, 0.1) is 0 Å². The number of hydrogen-bond donors (Lipinski definition) is 0. The predicted molar refractivity (Wildman–Crippen MR) is 84.0 cm³/mol. The number of hydrogen-bond acceptors (Lipinski definition) is 3. The van der Waals surface area contributed by atoms with Crippen LogP contribution in [-0.2, 0) is 0 Å². The van der Waals surface area contributed by atoms with E-state index in [2.05, 4.69) is 23.8 Å². The molecule has 0 aromatic carbocycles. The molecule has 2 atom stereocenters. The van der Waals surface area contributed by atoms with E-state index in [1.165, 1.54) is 38.5 Å². The van der Waals surface area contributed by atoms with E-state index in [1.54, 1.807) is 6.20 Å². The smallest absolute Gasteiger partial charge is 0.194 e. The topological polar surface area (TPSA) is 34.5 Å². The van der Waals surface area contributed by atoms with Crippen LogP contribution in [0.1, 0.15) is 58.8 Å². The summed E-state index contributed by atoms with van der Waals surface area (Å²) < 4.78 is 6.11. The van der Waals surface area contributed by atoms with E-state index in [4.69, 9.17) is 4.74 Å². The third-order valence-electron chi connectivity index (χ3n) is 3.98. The van der Waals surface area contributed by atoms with Crippen LogP contribution >= 0.6 is 0 Å². The first-order valence-corrected chi connectivity index (χ1v) is 7.95. The van der Waals surface area contributed by atoms with Gasteiger partial charge in [0.2, 0.25) is 0 Å². The van der Waals surface area contributed by atoms with Crippen molar-refractivity contribution in [2.75, 3.05) is 0 Å². The quantitative estimate of drug-likeness (QED) is 0.660. The Labute approximate surface area is 122 Å². The fourth-order valence-electron chi connectivity index (χ4n) is 2.63. The Morgan fingerprint density at radius 3 is 3.00 bits per heavy atom. The molecule has 1 aliphatic rings. The highest BCUT2D eigenvalue weighted by molar-refractivity contribution is 5.66. The van der Waals surface area contributed by atoms with Gasteiger partial charge in [0.15, 0.2) is 11.6 Å². The molecule has 0 aliphatic carbocycles. The number of pyridine rings is 1.